The number of carbonyl (C=O) groups is 1. The molecule has 0 bridgehead atoms. The zero-order valence-electron chi connectivity index (χ0n) is 8.77. The molecule has 0 spiro atoms. The Morgan fingerprint density at radius 3 is 2.47 bits per heavy atom. The Balaban J connectivity index is 1.90. The maximum absolute atomic E-state index is 11.6. The van der Waals surface area contributed by atoms with E-state index in [1.807, 2.05) is 0 Å². The summed E-state index contributed by atoms with van der Waals surface area (Å²) in [6.07, 6.45) is 2.65. The van der Waals surface area contributed by atoms with Crippen molar-refractivity contribution in [2.75, 3.05) is 18.6 Å². The van der Waals surface area contributed by atoms with Gasteiger partial charge in [-0.15, -0.1) is 0 Å². The van der Waals surface area contributed by atoms with E-state index in [1.165, 1.54) is 4.90 Å². The molecule has 1 saturated heterocycles. The van der Waals surface area contributed by atoms with Crippen molar-refractivity contribution in [2.24, 2.45) is 0 Å². The van der Waals surface area contributed by atoms with Crippen molar-refractivity contribution < 1.29 is 13.2 Å². The van der Waals surface area contributed by atoms with E-state index in [1.54, 1.807) is 7.05 Å². The number of nitrogens with one attached hydrogen (secondary N) is 1. The van der Waals surface area contributed by atoms with Gasteiger partial charge >= 0.3 is 6.03 Å². The van der Waals surface area contributed by atoms with Crippen LogP contribution in [0.2, 0.25) is 0 Å². The number of urea groups is 1. The van der Waals surface area contributed by atoms with Crippen molar-refractivity contribution in [2.45, 2.75) is 31.3 Å². The third-order valence-electron chi connectivity index (χ3n) is 2.98. The topological polar surface area (TPSA) is 66.5 Å². The third kappa shape index (κ3) is 2.62. The Bertz CT molecular complexity index is 362. The number of carbonyl (C=O) groups excluding carboxylic acids is 1. The van der Waals surface area contributed by atoms with Crippen LogP contribution in [-0.4, -0.2) is 50.0 Å². The summed E-state index contributed by atoms with van der Waals surface area (Å²) < 4.78 is 22.5. The van der Waals surface area contributed by atoms with Gasteiger partial charge < -0.3 is 10.2 Å². The summed E-state index contributed by atoms with van der Waals surface area (Å²) in [7, 11) is -1.24. The first-order valence-electron chi connectivity index (χ1n) is 5.22. The number of nitrogens with zero attached hydrogens (tertiary/aromatic N) is 1. The molecule has 1 atom stereocenters. The van der Waals surface area contributed by atoms with Crippen molar-refractivity contribution in [1.29, 1.82) is 0 Å². The number of hydrogen-bond acceptors (Lipinski definition) is 3. The second-order valence-electron chi connectivity index (χ2n) is 4.39. The van der Waals surface area contributed by atoms with Crippen molar-refractivity contribution in [3.8, 4) is 0 Å². The van der Waals surface area contributed by atoms with Crippen LogP contribution >= 0.6 is 0 Å². The molecule has 2 aliphatic rings. The zero-order chi connectivity index (χ0) is 11.1. The molecule has 0 aromatic carbocycles. The Morgan fingerprint density at radius 2 is 2.00 bits per heavy atom. The Hall–Kier alpha value is -0.780. The molecule has 0 aromatic rings. The van der Waals surface area contributed by atoms with Crippen molar-refractivity contribution in [1.82, 2.24) is 10.2 Å². The molecule has 1 unspecified atom stereocenters. The molecule has 1 heterocycles. The molecule has 2 amide bonds. The van der Waals surface area contributed by atoms with Crippen LogP contribution in [0.3, 0.4) is 0 Å². The first-order valence-corrected chi connectivity index (χ1v) is 7.04. The smallest absolute Gasteiger partial charge is 0.317 e. The molecular formula is C9H16N2O3S. The molecule has 1 aliphatic carbocycles. The minimum absolute atomic E-state index is 0.113. The Labute approximate surface area is 89.7 Å². The largest absolute Gasteiger partial charge is 0.335 e. The van der Waals surface area contributed by atoms with Gasteiger partial charge in [0.2, 0.25) is 0 Å². The fourth-order valence-corrected chi connectivity index (χ4v) is 3.53. The van der Waals surface area contributed by atoms with Gasteiger partial charge in [-0.2, -0.15) is 0 Å². The molecule has 2 rings (SSSR count). The van der Waals surface area contributed by atoms with Crippen LogP contribution in [-0.2, 0) is 9.84 Å². The van der Waals surface area contributed by atoms with Gasteiger partial charge in [0.15, 0.2) is 9.84 Å². The summed E-state index contributed by atoms with van der Waals surface area (Å²) in [6, 6.07) is 0.0336. The molecule has 1 N–H and O–H groups in total. The maximum atomic E-state index is 11.6. The highest BCUT2D eigenvalue weighted by atomic mass is 32.2. The summed E-state index contributed by atoms with van der Waals surface area (Å²) in [4.78, 5) is 13.1. The van der Waals surface area contributed by atoms with Crippen LogP contribution in [0.4, 0.5) is 4.79 Å². The van der Waals surface area contributed by atoms with Gasteiger partial charge in [0.05, 0.1) is 11.5 Å². The number of amides is 2. The minimum atomic E-state index is -2.91. The van der Waals surface area contributed by atoms with Gasteiger partial charge in [-0.05, 0) is 19.3 Å². The molecule has 0 aromatic heterocycles. The predicted molar refractivity (Wildman–Crippen MR) is 56.4 cm³/mol. The maximum Gasteiger partial charge on any atom is 0.317 e. The molecule has 86 valence electrons. The van der Waals surface area contributed by atoms with Crippen LogP contribution in [0, 0.1) is 0 Å². The fraction of sp³-hybridized carbons (Fsp3) is 0.889. The minimum Gasteiger partial charge on any atom is -0.335 e. The molecule has 2 fully saturated rings. The number of rotatable bonds is 2. The van der Waals surface area contributed by atoms with E-state index >= 15 is 0 Å². The second-order valence-corrected chi connectivity index (χ2v) is 6.62. The van der Waals surface area contributed by atoms with Crippen molar-refractivity contribution in [3.05, 3.63) is 0 Å². The first kappa shape index (κ1) is 10.7. The lowest BCUT2D eigenvalue weighted by atomic mass is 10.2. The molecule has 5 nitrogen and oxygen atoms in total. The van der Waals surface area contributed by atoms with E-state index < -0.39 is 9.84 Å². The van der Waals surface area contributed by atoms with Crippen molar-refractivity contribution in [3.63, 3.8) is 0 Å². The van der Waals surface area contributed by atoms with Crippen LogP contribution in [0.5, 0.6) is 0 Å². The normalized spacial score (nSPS) is 28.7. The van der Waals surface area contributed by atoms with Gasteiger partial charge in [0.25, 0.3) is 0 Å². The van der Waals surface area contributed by atoms with E-state index in [2.05, 4.69) is 5.32 Å². The lowest BCUT2D eigenvalue weighted by Crippen LogP contribution is -2.44. The van der Waals surface area contributed by atoms with Crippen LogP contribution in [0.25, 0.3) is 0 Å². The lowest BCUT2D eigenvalue weighted by Gasteiger charge is -2.23. The quantitative estimate of drug-likeness (QED) is 0.727. The van der Waals surface area contributed by atoms with Gasteiger partial charge in [-0.3, -0.25) is 0 Å². The molecule has 1 saturated carbocycles. The molecule has 15 heavy (non-hydrogen) atoms. The van der Waals surface area contributed by atoms with E-state index in [0.29, 0.717) is 12.5 Å². The van der Waals surface area contributed by atoms with Crippen LogP contribution in [0.1, 0.15) is 19.3 Å². The van der Waals surface area contributed by atoms with Crippen LogP contribution in [0.15, 0.2) is 0 Å². The van der Waals surface area contributed by atoms with E-state index in [4.69, 9.17) is 0 Å². The highest BCUT2D eigenvalue weighted by Crippen LogP contribution is 2.20. The standard InChI is InChI=1S/C9H16N2O3S/c1-11(9(12)10-7-2-3-7)8-4-5-15(13,14)6-8/h7-8H,2-6H2,1H3,(H,10,12). The Morgan fingerprint density at radius 1 is 1.33 bits per heavy atom. The lowest BCUT2D eigenvalue weighted by molar-refractivity contribution is 0.194. The van der Waals surface area contributed by atoms with E-state index in [-0.39, 0.29) is 23.6 Å². The average Bonchev–Trinajstić information content (AvgIpc) is 2.88. The summed E-state index contributed by atoms with van der Waals surface area (Å²) in [5.41, 5.74) is 0. The van der Waals surface area contributed by atoms with Gasteiger partial charge in [0.1, 0.15) is 0 Å². The highest BCUT2D eigenvalue weighted by molar-refractivity contribution is 7.91. The predicted octanol–water partition coefficient (Wildman–Crippen LogP) is -0.0227. The van der Waals surface area contributed by atoms with E-state index in [0.717, 1.165) is 12.8 Å². The fourth-order valence-electron chi connectivity index (χ4n) is 1.75. The summed E-state index contributed by atoms with van der Waals surface area (Å²) in [5.74, 6) is 0.320. The Kier molecular flexibility index (Phi) is 2.62. The first-order chi connectivity index (χ1) is 6.98. The SMILES string of the molecule is CN(C(=O)NC1CC1)C1CCS(=O)(=O)C1. The third-order valence-corrected chi connectivity index (χ3v) is 4.73. The summed E-state index contributed by atoms with van der Waals surface area (Å²) in [6.45, 7) is 0. The van der Waals surface area contributed by atoms with Gasteiger partial charge in [-0.25, -0.2) is 13.2 Å². The zero-order valence-corrected chi connectivity index (χ0v) is 9.59. The van der Waals surface area contributed by atoms with E-state index in [9.17, 15) is 13.2 Å². The molecule has 1 aliphatic heterocycles. The van der Waals surface area contributed by atoms with Gasteiger partial charge in [0, 0.05) is 19.1 Å². The van der Waals surface area contributed by atoms with Crippen molar-refractivity contribution >= 4 is 15.9 Å². The van der Waals surface area contributed by atoms with Crippen LogP contribution < -0.4 is 5.32 Å². The van der Waals surface area contributed by atoms with Gasteiger partial charge in [-0.1, -0.05) is 0 Å². The monoisotopic (exact) mass is 232 g/mol. The molecular weight excluding hydrogens is 216 g/mol. The number of hydrogen-bond donors (Lipinski definition) is 1. The highest BCUT2D eigenvalue weighted by Gasteiger charge is 2.34. The average molecular weight is 232 g/mol. The summed E-state index contributed by atoms with van der Waals surface area (Å²) in [5, 5.41) is 2.85. The molecule has 6 heteroatoms. The summed E-state index contributed by atoms with van der Waals surface area (Å²) >= 11 is 0. The number of sulfone groups is 1. The molecule has 0 radical (unpaired) electrons. The second kappa shape index (κ2) is 3.66.